The number of benzene rings is 9. The van der Waals surface area contributed by atoms with Gasteiger partial charge in [-0.3, -0.25) is 0 Å². The smallest absolute Gasteiger partial charge is 0.308 e. The van der Waals surface area contributed by atoms with Crippen molar-refractivity contribution in [2.24, 2.45) is 0 Å². The third-order valence-electron chi connectivity index (χ3n) is 13.4. The average molecular weight is 1030 g/mol. The molecular formula is C63H41F9N4. The van der Waals surface area contributed by atoms with Crippen molar-refractivity contribution >= 4 is 21.8 Å². The number of rotatable bonds is 8. The maximum absolute atomic E-state index is 14.3. The zero-order valence-corrected chi connectivity index (χ0v) is 40.7. The largest absolute Gasteiger partial charge is 0.416 e. The highest BCUT2D eigenvalue weighted by molar-refractivity contribution is 6.13. The predicted molar refractivity (Wildman–Crippen MR) is 281 cm³/mol. The first kappa shape index (κ1) is 49.4. The maximum Gasteiger partial charge on any atom is 0.416 e. The van der Waals surface area contributed by atoms with Crippen molar-refractivity contribution in [2.75, 3.05) is 0 Å². The van der Waals surface area contributed by atoms with Gasteiger partial charge in [-0.2, -0.15) is 39.5 Å². The van der Waals surface area contributed by atoms with Crippen LogP contribution in [0.25, 0.3) is 106 Å². The molecule has 9 aromatic carbocycles. The Morgan fingerprint density at radius 3 is 1.09 bits per heavy atom. The monoisotopic (exact) mass is 1020 g/mol. The molecular weight excluding hydrogens is 984 g/mol. The Bertz CT molecular complexity index is 3830. The second-order valence-electron chi connectivity index (χ2n) is 18.9. The van der Waals surface area contributed by atoms with Crippen LogP contribution in [0.4, 0.5) is 39.5 Å². The standard InChI is InChI=1S/C63H41F9N4/c1-36-14-16-39(17-15-36)51-34-47(60-74-58(41-10-6-4-7-11-41)73-59(75-60)42-12-8-5-9-13-42)35-52(40-18-22-48(23-19-40)61(64,65)66)57(51)76-55-24-20-43(45-26-37(2)28-49(30-45)62(67,68)69)32-53(55)54-33-44(21-25-56(54)76)46-27-38(3)29-50(31-46)63(70,71)72/h4-35H,1-3H3. The van der Waals surface area contributed by atoms with Crippen LogP contribution >= 0.6 is 0 Å². The molecule has 0 aliphatic heterocycles. The summed E-state index contributed by atoms with van der Waals surface area (Å²) in [5.41, 5.74) is 6.33. The van der Waals surface area contributed by atoms with Crippen molar-refractivity contribution in [2.45, 2.75) is 39.3 Å². The SMILES string of the molecule is Cc1ccc(-c2cc(-c3nc(-c4ccccc4)nc(-c4ccccc4)n3)cc(-c3ccc(C(F)(F)F)cc3)c2-n2c3ccc(-c4cc(C)cc(C(F)(F)F)c4)cc3c3cc(-c4cc(C)cc(C(F)(F)F)c4)ccc32)cc1. The number of aromatic nitrogens is 4. The van der Waals surface area contributed by atoms with Gasteiger partial charge in [0.2, 0.25) is 0 Å². The molecule has 2 heterocycles. The third kappa shape index (κ3) is 9.60. The zero-order valence-electron chi connectivity index (χ0n) is 40.7. The van der Waals surface area contributed by atoms with Gasteiger partial charge in [0.25, 0.3) is 0 Å². The van der Waals surface area contributed by atoms with E-state index < -0.39 is 35.2 Å². The van der Waals surface area contributed by atoms with E-state index in [2.05, 4.69) is 0 Å². The molecule has 11 aromatic rings. The summed E-state index contributed by atoms with van der Waals surface area (Å²) in [6, 6.07) is 53.2. The summed E-state index contributed by atoms with van der Waals surface area (Å²) in [6.07, 6.45) is -13.9. The van der Waals surface area contributed by atoms with E-state index in [1.807, 2.05) is 109 Å². The van der Waals surface area contributed by atoms with Gasteiger partial charge >= 0.3 is 18.5 Å². The van der Waals surface area contributed by atoms with Crippen LogP contribution in [0.1, 0.15) is 33.4 Å². The quantitative estimate of drug-likeness (QED) is 0.142. The molecule has 0 saturated heterocycles. The van der Waals surface area contributed by atoms with Gasteiger partial charge in [0.1, 0.15) is 0 Å². The highest BCUT2D eigenvalue weighted by atomic mass is 19.4. The average Bonchev–Trinajstić information content (AvgIpc) is 3.75. The molecule has 0 unspecified atom stereocenters. The Morgan fingerprint density at radius 2 is 0.684 bits per heavy atom. The molecule has 0 aliphatic carbocycles. The predicted octanol–water partition coefficient (Wildman–Crippen LogP) is 18.6. The molecule has 0 radical (unpaired) electrons. The fourth-order valence-corrected chi connectivity index (χ4v) is 9.80. The van der Waals surface area contributed by atoms with Crippen LogP contribution in [0, 0.1) is 20.8 Å². The van der Waals surface area contributed by atoms with E-state index in [1.54, 1.807) is 62.4 Å². The van der Waals surface area contributed by atoms with E-state index in [0.29, 0.717) is 100 Å². The normalized spacial score (nSPS) is 12.2. The Labute approximate surface area is 430 Å². The summed E-state index contributed by atoms with van der Waals surface area (Å²) in [4.78, 5) is 15.0. The molecule has 4 nitrogen and oxygen atoms in total. The van der Waals surface area contributed by atoms with Gasteiger partial charge in [-0.25, -0.2) is 15.0 Å². The van der Waals surface area contributed by atoms with Crippen molar-refractivity contribution in [3.63, 3.8) is 0 Å². The molecule has 13 heteroatoms. The lowest BCUT2D eigenvalue weighted by molar-refractivity contribution is -0.138. The fraction of sp³-hybridized carbons (Fsp3) is 0.0952. The first-order valence-electron chi connectivity index (χ1n) is 24.0. The maximum atomic E-state index is 14.3. The van der Waals surface area contributed by atoms with E-state index in [0.717, 1.165) is 42.0 Å². The molecule has 0 N–H and O–H groups in total. The Morgan fingerprint density at radius 1 is 0.303 bits per heavy atom. The van der Waals surface area contributed by atoms with Crippen molar-refractivity contribution in [1.29, 1.82) is 0 Å². The molecule has 0 amide bonds. The lowest BCUT2D eigenvalue weighted by Crippen LogP contribution is -2.06. The molecule has 11 rings (SSSR count). The number of halogens is 9. The minimum atomic E-state index is -4.65. The molecule has 0 atom stereocenters. The number of aryl methyl sites for hydroxylation is 3. The van der Waals surface area contributed by atoms with E-state index in [9.17, 15) is 39.5 Å². The van der Waals surface area contributed by atoms with Crippen LogP contribution in [0.2, 0.25) is 0 Å². The van der Waals surface area contributed by atoms with Crippen LogP contribution in [0.15, 0.2) is 194 Å². The summed E-state index contributed by atoms with van der Waals surface area (Å²) < 4.78 is 131. The van der Waals surface area contributed by atoms with Crippen LogP contribution in [-0.4, -0.2) is 19.5 Å². The van der Waals surface area contributed by atoms with Crippen molar-refractivity contribution in [3.8, 4) is 84.4 Å². The Hall–Kier alpha value is -8.84. The zero-order chi connectivity index (χ0) is 53.3. The fourth-order valence-electron chi connectivity index (χ4n) is 9.80. The number of alkyl halides is 9. The summed E-state index contributed by atoms with van der Waals surface area (Å²) in [7, 11) is 0. The van der Waals surface area contributed by atoms with E-state index in [4.69, 9.17) is 15.0 Å². The topological polar surface area (TPSA) is 43.6 Å². The van der Waals surface area contributed by atoms with E-state index >= 15 is 0 Å². The molecule has 2 aromatic heterocycles. The van der Waals surface area contributed by atoms with E-state index in [1.165, 1.54) is 12.1 Å². The summed E-state index contributed by atoms with van der Waals surface area (Å²) in [5.74, 6) is 1.02. The van der Waals surface area contributed by atoms with Crippen LogP contribution < -0.4 is 0 Å². The second-order valence-corrected chi connectivity index (χ2v) is 18.9. The van der Waals surface area contributed by atoms with Gasteiger partial charge in [-0.05, 0) is 138 Å². The van der Waals surface area contributed by atoms with Crippen LogP contribution in [0.3, 0.4) is 0 Å². The Kier molecular flexibility index (Phi) is 12.2. The first-order valence-corrected chi connectivity index (χ1v) is 24.0. The second kappa shape index (κ2) is 18.8. The minimum Gasteiger partial charge on any atom is -0.308 e. The number of hydrogen-bond donors (Lipinski definition) is 0. The van der Waals surface area contributed by atoms with Gasteiger partial charge in [0.05, 0.1) is 33.4 Å². The number of nitrogens with zero attached hydrogens (tertiary/aromatic N) is 4. The molecule has 0 aliphatic rings. The molecule has 0 bridgehead atoms. The molecule has 0 spiro atoms. The van der Waals surface area contributed by atoms with Crippen molar-refractivity contribution in [3.05, 3.63) is 228 Å². The number of hydrogen-bond acceptors (Lipinski definition) is 3. The lowest BCUT2D eigenvalue weighted by atomic mass is 9.91. The van der Waals surface area contributed by atoms with E-state index in [-0.39, 0.29) is 17.0 Å². The highest BCUT2D eigenvalue weighted by Gasteiger charge is 2.33. The number of fused-ring (bicyclic) bond motifs is 3. The van der Waals surface area contributed by atoms with Gasteiger partial charge < -0.3 is 4.57 Å². The van der Waals surface area contributed by atoms with Gasteiger partial charge in [0.15, 0.2) is 17.5 Å². The van der Waals surface area contributed by atoms with Crippen molar-refractivity contribution in [1.82, 2.24) is 19.5 Å². The van der Waals surface area contributed by atoms with Gasteiger partial charge in [-0.1, -0.05) is 127 Å². The van der Waals surface area contributed by atoms with Gasteiger partial charge in [0, 0.05) is 38.6 Å². The van der Waals surface area contributed by atoms with Crippen LogP contribution in [0.5, 0.6) is 0 Å². The summed E-state index contributed by atoms with van der Waals surface area (Å²) in [6.45, 7) is 5.09. The molecule has 76 heavy (non-hydrogen) atoms. The molecule has 0 fully saturated rings. The Balaban J connectivity index is 1.26. The van der Waals surface area contributed by atoms with Gasteiger partial charge in [-0.15, -0.1) is 0 Å². The minimum absolute atomic E-state index is 0.269. The third-order valence-corrected chi connectivity index (χ3v) is 13.4. The summed E-state index contributed by atoms with van der Waals surface area (Å²) >= 11 is 0. The first-order chi connectivity index (χ1) is 36.2. The lowest BCUT2D eigenvalue weighted by Gasteiger charge is -2.21. The van der Waals surface area contributed by atoms with Crippen LogP contribution in [-0.2, 0) is 18.5 Å². The molecule has 0 saturated carbocycles. The van der Waals surface area contributed by atoms with Crippen molar-refractivity contribution < 1.29 is 39.5 Å². The summed E-state index contributed by atoms with van der Waals surface area (Å²) in [5, 5.41) is 1.09. The highest BCUT2D eigenvalue weighted by Crippen LogP contribution is 2.47. The molecule has 376 valence electrons.